The largest absolute Gasteiger partial charge is 0.481 e. The average molecular weight is 233 g/mol. The van der Waals surface area contributed by atoms with Crippen LogP contribution < -0.4 is 0 Å². The lowest BCUT2D eigenvalue weighted by atomic mass is 10.2. The highest BCUT2D eigenvalue weighted by atomic mass is 16.4. The Morgan fingerprint density at radius 2 is 2.29 bits per heavy atom. The Kier molecular flexibility index (Phi) is 3.08. The van der Waals surface area contributed by atoms with Crippen LogP contribution in [0, 0.1) is 6.92 Å². The van der Waals surface area contributed by atoms with Crippen molar-refractivity contribution in [2.24, 2.45) is 0 Å². The zero-order chi connectivity index (χ0) is 12.4. The van der Waals surface area contributed by atoms with E-state index in [0.717, 1.165) is 29.7 Å². The van der Waals surface area contributed by atoms with Gasteiger partial charge in [0.15, 0.2) is 0 Å². The van der Waals surface area contributed by atoms with Gasteiger partial charge in [0.2, 0.25) is 0 Å². The predicted octanol–water partition coefficient (Wildman–Crippen LogP) is 1.62. The maximum atomic E-state index is 10.8. The number of rotatable bonds is 4. The van der Waals surface area contributed by atoms with Crippen LogP contribution in [0.4, 0.5) is 0 Å². The molecule has 0 amide bonds. The first-order valence-electron chi connectivity index (χ1n) is 5.65. The van der Waals surface area contributed by atoms with Crippen molar-refractivity contribution in [1.29, 1.82) is 0 Å². The summed E-state index contributed by atoms with van der Waals surface area (Å²) in [4.78, 5) is 19.4. The van der Waals surface area contributed by atoms with E-state index in [1.165, 1.54) is 0 Å². The second-order valence-electron chi connectivity index (χ2n) is 4.08. The maximum absolute atomic E-state index is 10.8. The zero-order valence-corrected chi connectivity index (χ0v) is 9.97. The van der Waals surface area contributed by atoms with Crippen molar-refractivity contribution in [3.8, 4) is 0 Å². The minimum atomic E-state index is -0.851. The highest BCUT2D eigenvalue weighted by Crippen LogP contribution is 2.16. The van der Waals surface area contributed by atoms with Crippen LogP contribution in [0.5, 0.6) is 0 Å². The molecule has 5 heteroatoms. The van der Waals surface area contributed by atoms with Gasteiger partial charge in [-0.25, -0.2) is 9.97 Å². The topological polar surface area (TPSA) is 67.5 Å². The van der Waals surface area contributed by atoms with Crippen LogP contribution in [0.15, 0.2) is 12.5 Å². The summed E-state index contributed by atoms with van der Waals surface area (Å²) >= 11 is 0. The zero-order valence-electron chi connectivity index (χ0n) is 9.97. The number of fused-ring (bicyclic) bond motifs is 1. The highest BCUT2D eigenvalue weighted by Gasteiger charge is 2.14. The van der Waals surface area contributed by atoms with E-state index in [-0.39, 0.29) is 6.42 Å². The molecular weight excluding hydrogens is 218 g/mol. The number of aliphatic carboxylic acids is 1. The lowest BCUT2D eigenvalue weighted by Gasteiger charge is -2.02. The number of aryl methyl sites for hydroxylation is 2. The Balaban J connectivity index is 2.58. The molecule has 0 unspecified atom stereocenters. The minimum Gasteiger partial charge on any atom is -0.481 e. The lowest BCUT2D eigenvalue weighted by Crippen LogP contribution is -2.05. The lowest BCUT2D eigenvalue weighted by molar-refractivity contribution is -0.136. The highest BCUT2D eigenvalue weighted by molar-refractivity contribution is 5.70. The number of hydrogen-bond donors (Lipinski definition) is 1. The van der Waals surface area contributed by atoms with Crippen LogP contribution in [0.25, 0.3) is 5.65 Å². The summed E-state index contributed by atoms with van der Waals surface area (Å²) in [7, 11) is 0. The van der Waals surface area contributed by atoms with Gasteiger partial charge in [0.05, 0.1) is 17.8 Å². The molecule has 17 heavy (non-hydrogen) atoms. The van der Waals surface area contributed by atoms with E-state index in [1.807, 2.05) is 6.92 Å². The number of carboxylic acids is 1. The van der Waals surface area contributed by atoms with Crippen molar-refractivity contribution < 1.29 is 9.90 Å². The first kappa shape index (κ1) is 11.6. The second kappa shape index (κ2) is 4.53. The van der Waals surface area contributed by atoms with Gasteiger partial charge in [-0.15, -0.1) is 0 Å². The number of imidazole rings is 1. The van der Waals surface area contributed by atoms with Crippen LogP contribution in [0.3, 0.4) is 0 Å². The first-order valence-corrected chi connectivity index (χ1v) is 5.65. The summed E-state index contributed by atoms with van der Waals surface area (Å²) < 4.78 is 1.79. The quantitative estimate of drug-likeness (QED) is 0.871. The van der Waals surface area contributed by atoms with Crippen molar-refractivity contribution in [2.75, 3.05) is 0 Å². The summed E-state index contributed by atoms with van der Waals surface area (Å²) in [5.74, 6) is -0.851. The average Bonchev–Trinajstić information content (AvgIpc) is 2.57. The van der Waals surface area contributed by atoms with Gasteiger partial charge < -0.3 is 5.11 Å². The number of carbonyl (C=O) groups is 1. The van der Waals surface area contributed by atoms with E-state index in [0.29, 0.717) is 5.69 Å². The van der Waals surface area contributed by atoms with Crippen LogP contribution >= 0.6 is 0 Å². The van der Waals surface area contributed by atoms with E-state index < -0.39 is 5.97 Å². The molecule has 2 rings (SSSR count). The molecule has 0 saturated carbocycles. The Hall–Kier alpha value is -1.91. The molecule has 0 fully saturated rings. The third-order valence-corrected chi connectivity index (χ3v) is 2.75. The van der Waals surface area contributed by atoms with E-state index in [1.54, 1.807) is 16.9 Å². The molecule has 5 nitrogen and oxygen atoms in total. The van der Waals surface area contributed by atoms with Crippen molar-refractivity contribution in [3.05, 3.63) is 29.5 Å². The first-order chi connectivity index (χ1) is 8.13. The standard InChI is InChI=1S/C12H15N3O2/c1-3-4-9-6-13-7-15-10(5-11(16)17)8(2)14-12(9)15/h6-7H,3-5H2,1-2H3,(H,16,17). The third-order valence-electron chi connectivity index (χ3n) is 2.75. The van der Waals surface area contributed by atoms with Gasteiger partial charge in [-0.2, -0.15) is 0 Å². The van der Waals surface area contributed by atoms with Gasteiger partial charge in [-0.3, -0.25) is 9.20 Å². The summed E-state index contributed by atoms with van der Waals surface area (Å²) in [6, 6.07) is 0. The number of carboxylic acid groups (broad SMARTS) is 1. The van der Waals surface area contributed by atoms with Crippen molar-refractivity contribution in [2.45, 2.75) is 33.1 Å². The van der Waals surface area contributed by atoms with Gasteiger partial charge >= 0.3 is 5.97 Å². The Morgan fingerprint density at radius 1 is 1.53 bits per heavy atom. The molecule has 0 radical (unpaired) electrons. The van der Waals surface area contributed by atoms with Crippen LogP contribution in [0.1, 0.15) is 30.3 Å². The third kappa shape index (κ3) is 2.13. The SMILES string of the molecule is CCCc1cncn2c(CC(=O)O)c(C)nc12. The number of hydrogen-bond acceptors (Lipinski definition) is 3. The Labute approximate surface area is 99.1 Å². The van der Waals surface area contributed by atoms with Gasteiger partial charge in [0.1, 0.15) is 12.0 Å². The number of nitrogens with zero attached hydrogens (tertiary/aromatic N) is 3. The smallest absolute Gasteiger partial charge is 0.309 e. The van der Waals surface area contributed by atoms with Crippen LogP contribution in [-0.4, -0.2) is 25.4 Å². The summed E-state index contributed by atoms with van der Waals surface area (Å²) in [6.45, 7) is 3.93. The molecule has 0 spiro atoms. The minimum absolute atomic E-state index is 0.0236. The fourth-order valence-electron chi connectivity index (χ4n) is 1.98. The Morgan fingerprint density at radius 3 is 2.94 bits per heavy atom. The molecule has 0 aliphatic carbocycles. The Bertz CT molecular complexity index is 560. The van der Waals surface area contributed by atoms with Crippen LogP contribution in [-0.2, 0) is 17.6 Å². The molecule has 0 saturated heterocycles. The second-order valence-corrected chi connectivity index (χ2v) is 4.08. The molecule has 2 heterocycles. The summed E-state index contributed by atoms with van der Waals surface area (Å²) in [5.41, 5.74) is 3.36. The fourth-order valence-corrected chi connectivity index (χ4v) is 1.98. The van der Waals surface area contributed by atoms with Gasteiger partial charge in [-0.1, -0.05) is 13.3 Å². The molecule has 0 aliphatic rings. The molecule has 0 aromatic carbocycles. The van der Waals surface area contributed by atoms with E-state index >= 15 is 0 Å². The van der Waals surface area contributed by atoms with Crippen LogP contribution in [0.2, 0.25) is 0 Å². The molecule has 2 aromatic rings. The fraction of sp³-hybridized carbons (Fsp3) is 0.417. The van der Waals surface area contributed by atoms with Gasteiger partial charge in [-0.05, 0) is 13.3 Å². The predicted molar refractivity (Wildman–Crippen MR) is 63.1 cm³/mol. The molecule has 2 aromatic heterocycles. The van der Waals surface area contributed by atoms with E-state index in [2.05, 4.69) is 16.9 Å². The number of aromatic nitrogens is 3. The van der Waals surface area contributed by atoms with Gasteiger partial charge in [0, 0.05) is 11.8 Å². The van der Waals surface area contributed by atoms with Crippen molar-refractivity contribution in [1.82, 2.24) is 14.4 Å². The summed E-state index contributed by atoms with van der Waals surface area (Å²) in [6.07, 6.45) is 5.33. The van der Waals surface area contributed by atoms with Crippen molar-refractivity contribution >= 4 is 11.6 Å². The molecule has 90 valence electrons. The monoisotopic (exact) mass is 233 g/mol. The molecule has 1 N–H and O–H groups in total. The van der Waals surface area contributed by atoms with E-state index in [9.17, 15) is 4.79 Å². The van der Waals surface area contributed by atoms with E-state index in [4.69, 9.17) is 5.11 Å². The summed E-state index contributed by atoms with van der Waals surface area (Å²) in [5, 5.41) is 8.88. The molecule has 0 atom stereocenters. The molecule has 0 bridgehead atoms. The molecule has 0 aliphatic heterocycles. The van der Waals surface area contributed by atoms with Gasteiger partial charge in [0.25, 0.3) is 0 Å². The normalized spacial score (nSPS) is 10.9. The molecular formula is C12H15N3O2. The maximum Gasteiger partial charge on any atom is 0.309 e. The van der Waals surface area contributed by atoms with Crippen molar-refractivity contribution in [3.63, 3.8) is 0 Å².